The Kier molecular flexibility index (Phi) is 5.17. The highest BCUT2D eigenvalue weighted by molar-refractivity contribution is 5.91. The average Bonchev–Trinajstić information content (AvgIpc) is 3.33. The molecule has 0 aliphatic heterocycles. The van der Waals surface area contributed by atoms with Gasteiger partial charge in [-0.15, -0.1) is 5.10 Å². The fourth-order valence-electron chi connectivity index (χ4n) is 3.25. The second-order valence-corrected chi connectivity index (χ2v) is 6.99. The number of halogens is 3. The summed E-state index contributed by atoms with van der Waals surface area (Å²) in [6.07, 6.45) is -3.18. The van der Waals surface area contributed by atoms with Crippen LogP contribution < -0.4 is 5.32 Å². The van der Waals surface area contributed by atoms with Gasteiger partial charge in [0.1, 0.15) is 5.82 Å². The Labute approximate surface area is 174 Å². The molecule has 0 spiro atoms. The maximum Gasteiger partial charge on any atom is 0.453 e. The van der Waals surface area contributed by atoms with Crippen LogP contribution in [0, 0.1) is 13.8 Å². The number of fused-ring (bicyclic) bond motifs is 1. The third-order valence-electron chi connectivity index (χ3n) is 4.80. The summed E-state index contributed by atoms with van der Waals surface area (Å²) in [4.78, 5) is 20.2. The Bertz CT molecular complexity index is 1250. The molecule has 3 heterocycles. The van der Waals surface area contributed by atoms with Crippen LogP contribution >= 0.6 is 0 Å². The molecule has 0 bridgehead atoms. The molecule has 11 heteroatoms. The molecule has 0 atom stereocenters. The molecule has 3 aromatic heterocycles. The van der Waals surface area contributed by atoms with Crippen molar-refractivity contribution in [1.29, 1.82) is 0 Å². The summed E-state index contributed by atoms with van der Waals surface area (Å²) in [5.41, 5.74) is 2.30. The Morgan fingerprint density at radius 2 is 1.84 bits per heavy atom. The summed E-state index contributed by atoms with van der Waals surface area (Å²) >= 11 is 0. The Hall–Kier alpha value is -3.76. The number of hydrogen-bond acceptors (Lipinski definition) is 5. The predicted molar refractivity (Wildman–Crippen MR) is 105 cm³/mol. The van der Waals surface area contributed by atoms with Crippen LogP contribution in [0.15, 0.2) is 42.6 Å². The molecule has 1 N–H and O–H groups in total. The van der Waals surface area contributed by atoms with Crippen LogP contribution in [0.3, 0.4) is 0 Å². The number of rotatable bonds is 5. The van der Waals surface area contributed by atoms with Crippen molar-refractivity contribution in [2.45, 2.75) is 33.0 Å². The monoisotopic (exact) mass is 429 g/mol. The zero-order valence-electron chi connectivity index (χ0n) is 16.7. The lowest BCUT2D eigenvalue weighted by atomic mass is 10.1. The fraction of sp³-hybridized carbons (Fsp3) is 0.250. The molecule has 8 nitrogen and oxygen atoms in total. The number of alkyl halides is 3. The standard InChI is InChI=1S/C20H18F3N7O/c1-12-15(13(2)30-19(25-12)27-18(28-30)20(21,22)23)10-17(31)26-16-8-9-24-29(16)11-14-6-4-3-5-7-14/h3-9H,10-11H2,1-2H3,(H,26,31). The predicted octanol–water partition coefficient (Wildman–Crippen LogP) is 3.19. The quantitative estimate of drug-likeness (QED) is 0.526. The molecule has 4 aromatic rings. The lowest BCUT2D eigenvalue weighted by Gasteiger charge is -2.12. The van der Waals surface area contributed by atoms with Crippen LogP contribution in [0.2, 0.25) is 0 Å². The molecule has 160 valence electrons. The molecule has 0 aliphatic carbocycles. The second-order valence-electron chi connectivity index (χ2n) is 6.99. The molecular formula is C20H18F3N7O. The minimum atomic E-state index is -4.68. The van der Waals surface area contributed by atoms with Gasteiger partial charge >= 0.3 is 6.18 Å². The topological polar surface area (TPSA) is 90.0 Å². The largest absolute Gasteiger partial charge is 0.453 e. The molecule has 0 aliphatic rings. The molecule has 31 heavy (non-hydrogen) atoms. The van der Waals surface area contributed by atoms with E-state index in [2.05, 4.69) is 25.5 Å². The molecule has 1 aromatic carbocycles. The summed E-state index contributed by atoms with van der Waals surface area (Å²) in [6.45, 7) is 3.68. The van der Waals surface area contributed by atoms with E-state index < -0.39 is 12.0 Å². The van der Waals surface area contributed by atoms with Gasteiger partial charge in [-0.2, -0.15) is 23.3 Å². The maximum atomic E-state index is 12.9. The second kappa shape index (κ2) is 7.82. The van der Waals surface area contributed by atoms with Crippen LogP contribution in [-0.2, 0) is 23.9 Å². The number of aromatic nitrogens is 6. The van der Waals surface area contributed by atoms with Gasteiger partial charge in [-0.25, -0.2) is 14.2 Å². The smallest absolute Gasteiger partial charge is 0.311 e. The van der Waals surface area contributed by atoms with Crippen molar-refractivity contribution in [2.75, 3.05) is 5.32 Å². The number of nitrogens with zero attached hydrogens (tertiary/aromatic N) is 6. The SMILES string of the molecule is Cc1nc2nc(C(F)(F)F)nn2c(C)c1CC(=O)Nc1ccnn1Cc1ccccc1. The van der Waals surface area contributed by atoms with E-state index >= 15 is 0 Å². The van der Waals surface area contributed by atoms with Crippen molar-refractivity contribution < 1.29 is 18.0 Å². The Balaban J connectivity index is 1.55. The van der Waals surface area contributed by atoms with Crippen LogP contribution in [0.4, 0.5) is 19.0 Å². The van der Waals surface area contributed by atoms with Crippen LogP contribution in [0.5, 0.6) is 0 Å². The highest BCUT2D eigenvalue weighted by Crippen LogP contribution is 2.27. The van der Waals surface area contributed by atoms with E-state index in [1.165, 1.54) is 0 Å². The Morgan fingerprint density at radius 1 is 1.10 bits per heavy atom. The van der Waals surface area contributed by atoms with Crippen molar-refractivity contribution >= 4 is 17.5 Å². The molecule has 0 saturated carbocycles. The maximum absolute atomic E-state index is 12.9. The lowest BCUT2D eigenvalue weighted by Crippen LogP contribution is -2.20. The first kappa shape index (κ1) is 20.5. The minimum Gasteiger partial charge on any atom is -0.311 e. The summed E-state index contributed by atoms with van der Waals surface area (Å²) < 4.78 is 41.5. The summed E-state index contributed by atoms with van der Waals surface area (Å²) in [6, 6.07) is 11.3. The van der Waals surface area contributed by atoms with Gasteiger partial charge < -0.3 is 5.32 Å². The van der Waals surface area contributed by atoms with Gasteiger partial charge in [0.15, 0.2) is 0 Å². The van der Waals surface area contributed by atoms with Crippen molar-refractivity contribution in [3.05, 3.63) is 70.9 Å². The van der Waals surface area contributed by atoms with Crippen molar-refractivity contribution in [1.82, 2.24) is 29.4 Å². The summed E-state index contributed by atoms with van der Waals surface area (Å²) in [7, 11) is 0. The molecule has 4 rings (SSSR count). The fourth-order valence-corrected chi connectivity index (χ4v) is 3.25. The van der Waals surface area contributed by atoms with E-state index in [0.29, 0.717) is 29.3 Å². The van der Waals surface area contributed by atoms with E-state index in [4.69, 9.17) is 0 Å². The van der Waals surface area contributed by atoms with Gasteiger partial charge in [0, 0.05) is 23.0 Å². The van der Waals surface area contributed by atoms with Crippen LogP contribution in [-0.4, -0.2) is 35.3 Å². The first-order valence-electron chi connectivity index (χ1n) is 9.38. The third kappa shape index (κ3) is 4.25. The number of nitrogens with one attached hydrogen (secondary N) is 1. The van der Waals surface area contributed by atoms with E-state index in [1.54, 1.807) is 30.8 Å². The van der Waals surface area contributed by atoms with Gasteiger partial charge in [-0.1, -0.05) is 30.3 Å². The van der Waals surface area contributed by atoms with Crippen LogP contribution in [0.25, 0.3) is 5.78 Å². The summed E-state index contributed by atoms with van der Waals surface area (Å²) in [5.74, 6) is -1.27. The van der Waals surface area contributed by atoms with Crippen molar-refractivity contribution in [3.63, 3.8) is 0 Å². The molecule has 0 unspecified atom stereocenters. The van der Waals surface area contributed by atoms with Crippen molar-refractivity contribution in [3.8, 4) is 0 Å². The number of carbonyl (C=O) groups is 1. The van der Waals surface area contributed by atoms with Gasteiger partial charge in [-0.3, -0.25) is 4.79 Å². The Morgan fingerprint density at radius 3 is 2.55 bits per heavy atom. The minimum absolute atomic E-state index is 0.0850. The van der Waals surface area contributed by atoms with Gasteiger partial charge in [0.05, 0.1) is 19.2 Å². The number of anilines is 1. The molecule has 1 amide bonds. The number of benzene rings is 1. The van der Waals surface area contributed by atoms with Gasteiger partial charge in [0.2, 0.25) is 5.91 Å². The first-order chi connectivity index (χ1) is 14.7. The number of amides is 1. The van der Waals surface area contributed by atoms with Crippen molar-refractivity contribution in [2.24, 2.45) is 0 Å². The van der Waals surface area contributed by atoms with Gasteiger partial charge in [0.25, 0.3) is 11.6 Å². The van der Waals surface area contributed by atoms with E-state index in [9.17, 15) is 18.0 Å². The number of carbonyl (C=O) groups excluding carboxylic acids is 1. The first-order valence-corrected chi connectivity index (χ1v) is 9.38. The summed E-state index contributed by atoms with van der Waals surface area (Å²) in [5, 5.41) is 10.5. The lowest BCUT2D eigenvalue weighted by molar-refractivity contribution is -0.144. The van der Waals surface area contributed by atoms with Crippen LogP contribution in [0.1, 0.15) is 28.3 Å². The average molecular weight is 429 g/mol. The zero-order valence-corrected chi connectivity index (χ0v) is 16.7. The number of aryl methyl sites for hydroxylation is 2. The highest BCUT2D eigenvalue weighted by Gasteiger charge is 2.37. The van der Waals surface area contributed by atoms with Gasteiger partial charge in [-0.05, 0) is 19.4 Å². The highest BCUT2D eigenvalue weighted by atomic mass is 19.4. The molecule has 0 radical (unpaired) electrons. The normalized spacial score (nSPS) is 11.8. The van der Waals surface area contributed by atoms with E-state index in [1.807, 2.05) is 30.3 Å². The molecular weight excluding hydrogens is 411 g/mol. The number of hydrogen-bond donors (Lipinski definition) is 1. The molecule has 0 fully saturated rings. The third-order valence-corrected chi connectivity index (χ3v) is 4.80. The molecule has 0 saturated heterocycles. The van der Waals surface area contributed by atoms with E-state index in [0.717, 1.165) is 10.1 Å². The van der Waals surface area contributed by atoms with E-state index in [-0.39, 0.29) is 18.1 Å². The zero-order chi connectivity index (χ0) is 22.2.